The van der Waals surface area contributed by atoms with Crippen molar-refractivity contribution in [2.45, 2.75) is 31.7 Å². The van der Waals surface area contributed by atoms with Crippen molar-refractivity contribution in [2.75, 3.05) is 0 Å². The van der Waals surface area contributed by atoms with E-state index < -0.39 is 45.6 Å². The van der Waals surface area contributed by atoms with Crippen LogP contribution in [0.15, 0.2) is 22.7 Å². The number of hydrogen-bond acceptors (Lipinski definition) is 4. The Morgan fingerprint density at radius 2 is 2.05 bits per heavy atom. The molecule has 3 unspecified atom stereocenters. The molecule has 1 heterocycles. The number of carboxylic acids is 1. The van der Waals surface area contributed by atoms with Crippen molar-refractivity contribution in [3.05, 3.63) is 22.7 Å². The number of rotatable bonds is 4. The minimum absolute atomic E-state index is 0.463. The smallest absolute Gasteiger partial charge is 0.323 e. The van der Waals surface area contributed by atoms with Gasteiger partial charge in [0.1, 0.15) is 11.4 Å². The summed E-state index contributed by atoms with van der Waals surface area (Å²) in [4.78, 5) is 23.1. The SMILES string of the molecule is CC(C)(C)OC(=O)C(C(=O)O)C(N)[SH]1C=CC(F)=C1. The van der Waals surface area contributed by atoms with E-state index >= 15 is 0 Å². The van der Waals surface area contributed by atoms with E-state index in [1.165, 1.54) is 16.9 Å². The molecule has 0 amide bonds. The molecule has 0 saturated heterocycles. The lowest BCUT2D eigenvalue weighted by Gasteiger charge is -2.28. The molecule has 5 nitrogen and oxygen atoms in total. The topological polar surface area (TPSA) is 89.6 Å². The molecule has 108 valence electrons. The molecular formula is C12H18FNO4S. The minimum Gasteiger partial charge on any atom is -0.481 e. The minimum atomic E-state index is -1.50. The average molecular weight is 291 g/mol. The second-order valence-corrected chi connectivity index (χ2v) is 7.16. The van der Waals surface area contributed by atoms with Gasteiger partial charge in [-0.3, -0.25) is 9.59 Å². The molecule has 0 aromatic heterocycles. The summed E-state index contributed by atoms with van der Waals surface area (Å²) in [5.41, 5.74) is 4.99. The van der Waals surface area contributed by atoms with Crippen LogP contribution in [0.25, 0.3) is 0 Å². The van der Waals surface area contributed by atoms with Crippen molar-refractivity contribution in [3.8, 4) is 0 Å². The first-order valence-corrected chi connectivity index (χ1v) is 7.21. The first kappa shape index (κ1) is 15.7. The lowest BCUT2D eigenvalue weighted by atomic mass is 10.1. The van der Waals surface area contributed by atoms with Gasteiger partial charge in [0.2, 0.25) is 0 Å². The molecule has 0 spiro atoms. The van der Waals surface area contributed by atoms with Crippen LogP contribution in [0.5, 0.6) is 0 Å². The highest BCUT2D eigenvalue weighted by atomic mass is 32.2. The first-order chi connectivity index (χ1) is 8.61. The van der Waals surface area contributed by atoms with E-state index in [0.717, 1.165) is 0 Å². The lowest BCUT2D eigenvalue weighted by molar-refractivity contribution is -0.166. The van der Waals surface area contributed by atoms with Crippen LogP contribution in [0.3, 0.4) is 0 Å². The fraction of sp³-hybridized carbons (Fsp3) is 0.500. The summed E-state index contributed by atoms with van der Waals surface area (Å²) < 4.78 is 18.0. The number of nitrogens with two attached hydrogens (primary N) is 1. The number of esters is 1. The van der Waals surface area contributed by atoms with E-state index in [1.54, 1.807) is 20.8 Å². The molecular weight excluding hydrogens is 273 g/mol. The third-order valence-corrected chi connectivity index (χ3v) is 4.32. The van der Waals surface area contributed by atoms with Gasteiger partial charge in [-0.05, 0) is 37.7 Å². The predicted molar refractivity (Wildman–Crippen MR) is 72.3 cm³/mol. The summed E-state index contributed by atoms with van der Waals surface area (Å²) in [6.07, 6.45) is 1.22. The molecule has 0 fully saturated rings. The van der Waals surface area contributed by atoms with Crippen molar-refractivity contribution in [2.24, 2.45) is 11.7 Å². The molecule has 0 radical (unpaired) electrons. The van der Waals surface area contributed by atoms with Crippen LogP contribution in [0, 0.1) is 5.92 Å². The summed E-state index contributed by atoms with van der Waals surface area (Å²) >= 11 is 0. The maximum atomic E-state index is 12.9. The molecule has 1 rings (SSSR count). The Bertz CT molecular complexity index is 442. The van der Waals surface area contributed by atoms with Crippen LogP contribution < -0.4 is 5.73 Å². The van der Waals surface area contributed by atoms with E-state index in [4.69, 9.17) is 15.6 Å². The van der Waals surface area contributed by atoms with Gasteiger partial charge >= 0.3 is 11.9 Å². The van der Waals surface area contributed by atoms with E-state index in [0.29, 0.717) is 0 Å². The number of halogens is 1. The van der Waals surface area contributed by atoms with Gasteiger partial charge in [0, 0.05) is 0 Å². The highest BCUT2D eigenvalue weighted by Gasteiger charge is 2.38. The van der Waals surface area contributed by atoms with Gasteiger partial charge in [-0.2, -0.15) is 10.9 Å². The second-order valence-electron chi connectivity index (χ2n) is 5.12. The van der Waals surface area contributed by atoms with E-state index in [1.807, 2.05) is 0 Å². The fourth-order valence-electron chi connectivity index (χ4n) is 1.49. The van der Waals surface area contributed by atoms with Crippen LogP contribution >= 0.6 is 10.9 Å². The number of allylic oxidation sites excluding steroid dienone is 2. The molecule has 19 heavy (non-hydrogen) atoms. The van der Waals surface area contributed by atoms with Crippen molar-refractivity contribution < 1.29 is 23.8 Å². The molecule has 1 aliphatic heterocycles. The Balaban J connectivity index is 2.86. The number of aliphatic carboxylic acids is 1. The van der Waals surface area contributed by atoms with E-state index in [-0.39, 0.29) is 0 Å². The van der Waals surface area contributed by atoms with E-state index in [2.05, 4.69) is 0 Å². The summed E-state index contributed by atoms with van der Waals surface area (Å²) in [7, 11) is -1.31. The number of carbonyl (C=O) groups excluding carboxylic acids is 1. The molecule has 1 aliphatic rings. The first-order valence-electron chi connectivity index (χ1n) is 5.66. The summed E-state index contributed by atoms with van der Waals surface area (Å²) in [6.45, 7) is 4.90. The summed E-state index contributed by atoms with van der Waals surface area (Å²) in [6, 6.07) is 0. The number of carbonyl (C=O) groups is 2. The zero-order chi connectivity index (χ0) is 14.8. The molecule has 0 saturated carbocycles. The van der Waals surface area contributed by atoms with Crippen LogP contribution in [-0.2, 0) is 14.3 Å². The molecule has 0 bridgehead atoms. The van der Waals surface area contributed by atoms with Gasteiger partial charge in [-0.1, -0.05) is 0 Å². The second kappa shape index (κ2) is 5.75. The summed E-state index contributed by atoms with van der Waals surface area (Å²) in [5, 5.41) is 10.9. The molecule has 3 atom stereocenters. The van der Waals surface area contributed by atoms with Gasteiger partial charge in [0.05, 0.1) is 5.37 Å². The highest BCUT2D eigenvalue weighted by Crippen LogP contribution is 2.42. The van der Waals surface area contributed by atoms with Gasteiger partial charge in [0.25, 0.3) is 0 Å². The Morgan fingerprint density at radius 3 is 2.42 bits per heavy atom. The molecule has 0 aliphatic carbocycles. The average Bonchev–Trinajstić information content (AvgIpc) is 2.61. The number of thiol groups is 1. The molecule has 7 heteroatoms. The number of hydrogen-bond donors (Lipinski definition) is 3. The lowest BCUT2D eigenvalue weighted by Crippen LogP contribution is -2.43. The van der Waals surface area contributed by atoms with Gasteiger partial charge in [-0.25, -0.2) is 4.39 Å². The Hall–Kier alpha value is -1.34. The van der Waals surface area contributed by atoms with Gasteiger partial charge in [0.15, 0.2) is 5.92 Å². The molecule has 0 aromatic rings. The third kappa shape index (κ3) is 4.36. The fourth-order valence-corrected chi connectivity index (χ4v) is 3.23. The molecule has 0 aromatic carbocycles. The van der Waals surface area contributed by atoms with Crippen molar-refractivity contribution in [1.29, 1.82) is 0 Å². The van der Waals surface area contributed by atoms with Crippen LogP contribution in [0.1, 0.15) is 20.8 Å². The quantitative estimate of drug-likeness (QED) is 0.416. The van der Waals surface area contributed by atoms with Crippen LogP contribution in [0.4, 0.5) is 4.39 Å². The van der Waals surface area contributed by atoms with Crippen molar-refractivity contribution in [3.63, 3.8) is 0 Å². The monoisotopic (exact) mass is 291 g/mol. The highest BCUT2D eigenvalue weighted by molar-refractivity contribution is 8.22. The maximum absolute atomic E-state index is 12.9. The van der Waals surface area contributed by atoms with Crippen LogP contribution in [-0.4, -0.2) is 28.0 Å². The zero-order valence-electron chi connectivity index (χ0n) is 11.0. The number of ether oxygens (including phenoxy) is 1. The van der Waals surface area contributed by atoms with Crippen molar-refractivity contribution in [1.82, 2.24) is 0 Å². The third-order valence-electron chi connectivity index (χ3n) is 2.29. The number of carboxylic acid groups (broad SMARTS) is 1. The Kier molecular flexibility index (Phi) is 4.75. The largest absolute Gasteiger partial charge is 0.481 e. The maximum Gasteiger partial charge on any atom is 0.323 e. The van der Waals surface area contributed by atoms with E-state index in [9.17, 15) is 14.0 Å². The van der Waals surface area contributed by atoms with Crippen LogP contribution in [0.2, 0.25) is 0 Å². The normalized spacial score (nSPS) is 23.6. The van der Waals surface area contributed by atoms with Crippen molar-refractivity contribution >= 4 is 22.8 Å². The summed E-state index contributed by atoms with van der Waals surface area (Å²) in [5.74, 6) is -4.23. The Labute approximate surface area is 113 Å². The zero-order valence-corrected chi connectivity index (χ0v) is 11.9. The van der Waals surface area contributed by atoms with Gasteiger partial charge in [-0.15, -0.1) is 0 Å². The molecule has 3 N–H and O–H groups in total. The standard InChI is InChI=1S/C12H18FNO4S/c1-12(2,3)18-11(17)8(10(15)16)9(14)19-5-4-7(13)6-19/h4-6,8-9,19H,14H2,1-3H3,(H,15,16). The Morgan fingerprint density at radius 1 is 1.47 bits per heavy atom. The van der Waals surface area contributed by atoms with Gasteiger partial charge < -0.3 is 15.6 Å². The predicted octanol–water partition coefficient (Wildman–Crippen LogP) is 1.65.